The van der Waals surface area contributed by atoms with Crippen LogP contribution in [0.15, 0.2) is 48.9 Å². The lowest BCUT2D eigenvalue weighted by molar-refractivity contribution is -0.141. The Morgan fingerprint density at radius 1 is 1.09 bits per heavy atom. The van der Waals surface area contributed by atoms with Crippen molar-refractivity contribution in [2.45, 2.75) is 45.0 Å². The highest BCUT2D eigenvalue weighted by molar-refractivity contribution is 6.69. The third kappa shape index (κ3) is 5.56. The van der Waals surface area contributed by atoms with E-state index < -0.39 is 36.5 Å². The molecule has 0 bridgehead atoms. The number of ketones is 1. The first kappa shape index (κ1) is 24.5. The summed E-state index contributed by atoms with van der Waals surface area (Å²) >= 11 is 0. The van der Waals surface area contributed by atoms with Gasteiger partial charge in [0.05, 0.1) is 12.2 Å². The Bertz CT molecular complexity index is 1080. The largest absolute Gasteiger partial charge is 0.688 e. The maximum atomic E-state index is 13.7. The Labute approximate surface area is 203 Å². The SMILES string of the molecule is CC(C)C[C@H](CC(=O)[C@H](Cc1ccccc1)NC(=O)c1cnccn1)[B-]12OC(=O)C[O+]1CC(=O)O2. The minimum Gasteiger partial charge on any atom is -0.582 e. The highest BCUT2D eigenvalue weighted by Crippen LogP contribution is 2.44. The molecule has 3 heterocycles. The molecule has 2 aliphatic heterocycles. The Kier molecular flexibility index (Phi) is 7.25. The first-order chi connectivity index (χ1) is 16.8. The van der Waals surface area contributed by atoms with Crippen molar-refractivity contribution in [3.05, 3.63) is 60.2 Å². The Morgan fingerprint density at radius 3 is 2.37 bits per heavy atom. The molecule has 0 saturated carbocycles. The van der Waals surface area contributed by atoms with Crippen LogP contribution in [-0.2, 0) is 34.4 Å². The summed E-state index contributed by atoms with van der Waals surface area (Å²) in [6, 6.07) is 8.45. The van der Waals surface area contributed by atoms with Crippen LogP contribution in [0.1, 0.15) is 42.7 Å². The van der Waals surface area contributed by atoms with E-state index in [9.17, 15) is 19.2 Å². The highest BCUT2D eigenvalue weighted by atomic mass is 16.9. The van der Waals surface area contributed by atoms with E-state index in [2.05, 4.69) is 19.6 Å². The second-order valence-electron chi connectivity index (χ2n) is 9.37. The summed E-state index contributed by atoms with van der Waals surface area (Å²) in [4.78, 5) is 58.6. The standard InChI is InChI=1S/C24H28BN3O7/c1-16(2)10-18(25-33-22(30)14-35(25)15-23(31)34-25)12-21(29)19(11-17-6-4-3-5-7-17)28-24(32)20-13-26-8-9-27-20/h3-9,13,16,18-19H,10-12,14-15H2,1-2H3,(H,28,32)/t18-,19+/m1/s1. The topological polar surface area (TPSA) is 127 Å². The monoisotopic (exact) mass is 481 g/mol. The molecule has 2 saturated heterocycles. The molecule has 1 amide bonds. The van der Waals surface area contributed by atoms with E-state index >= 15 is 0 Å². The third-order valence-electron chi connectivity index (χ3n) is 6.25. The van der Waals surface area contributed by atoms with Crippen LogP contribution in [0.3, 0.4) is 0 Å². The van der Waals surface area contributed by atoms with E-state index in [1.54, 1.807) is 0 Å². The molecule has 2 fully saturated rings. The number of nitrogens with one attached hydrogen (secondary N) is 1. The molecule has 35 heavy (non-hydrogen) atoms. The van der Waals surface area contributed by atoms with Gasteiger partial charge in [0.2, 0.25) is 0 Å². The fourth-order valence-corrected chi connectivity index (χ4v) is 4.79. The molecule has 1 aromatic heterocycles. The molecule has 10 nitrogen and oxygen atoms in total. The normalized spacial score (nSPS) is 18.5. The van der Waals surface area contributed by atoms with Crippen LogP contribution in [0, 0.1) is 5.92 Å². The lowest BCUT2D eigenvalue weighted by Gasteiger charge is -2.36. The zero-order valence-electron chi connectivity index (χ0n) is 19.7. The molecule has 4 rings (SSSR count). The van der Waals surface area contributed by atoms with Crippen LogP contribution in [-0.4, -0.2) is 59.6 Å². The van der Waals surface area contributed by atoms with Gasteiger partial charge in [0.15, 0.2) is 19.0 Å². The highest BCUT2D eigenvalue weighted by Gasteiger charge is 2.66. The summed E-state index contributed by atoms with van der Waals surface area (Å²) in [5, 5.41) is 2.79. The number of hydrogen-bond acceptors (Lipinski definition) is 8. The van der Waals surface area contributed by atoms with Crippen LogP contribution < -0.4 is 5.32 Å². The number of benzene rings is 1. The second kappa shape index (κ2) is 10.3. The van der Waals surface area contributed by atoms with Gasteiger partial charge >= 0.3 is 18.7 Å². The number of carbonyl (C=O) groups excluding carboxylic acids is 4. The maximum absolute atomic E-state index is 13.7. The van der Waals surface area contributed by atoms with Crippen LogP contribution >= 0.6 is 0 Å². The number of nitrogens with zero attached hydrogens (tertiary/aromatic N) is 2. The van der Waals surface area contributed by atoms with Gasteiger partial charge in [-0.05, 0) is 24.3 Å². The molecule has 1 aromatic carbocycles. The van der Waals surface area contributed by atoms with Crippen LogP contribution in [0.5, 0.6) is 0 Å². The summed E-state index contributed by atoms with van der Waals surface area (Å²) in [6.07, 6.45) is 4.87. The van der Waals surface area contributed by atoms with Crippen LogP contribution in [0.4, 0.5) is 0 Å². The molecular weight excluding hydrogens is 453 g/mol. The average molecular weight is 481 g/mol. The van der Waals surface area contributed by atoms with Crippen molar-refractivity contribution >= 4 is 30.4 Å². The summed E-state index contributed by atoms with van der Waals surface area (Å²) in [6.45, 7) is 1.17. The molecule has 2 aromatic rings. The lowest BCUT2D eigenvalue weighted by atomic mass is 9.58. The third-order valence-corrected chi connectivity index (χ3v) is 6.25. The van der Waals surface area contributed by atoms with Gasteiger partial charge in [0, 0.05) is 18.2 Å². The van der Waals surface area contributed by atoms with Crippen LogP contribution in [0.25, 0.3) is 0 Å². The number of fused-ring (bicyclic) bond motifs is 1. The van der Waals surface area contributed by atoms with Crippen molar-refractivity contribution in [1.29, 1.82) is 0 Å². The number of Topliss-reactive ketones (excluding diaryl/α,β-unsaturated/α-hetero) is 1. The van der Waals surface area contributed by atoms with Crippen molar-refractivity contribution in [3.8, 4) is 0 Å². The van der Waals surface area contributed by atoms with Crippen molar-refractivity contribution in [3.63, 3.8) is 0 Å². The van der Waals surface area contributed by atoms with Crippen molar-refractivity contribution < 1.29 is 32.8 Å². The van der Waals surface area contributed by atoms with Gasteiger partial charge in [-0.15, -0.1) is 0 Å². The van der Waals surface area contributed by atoms with E-state index in [0.717, 1.165) is 5.56 Å². The molecule has 0 unspecified atom stereocenters. The first-order valence-electron chi connectivity index (χ1n) is 11.7. The van der Waals surface area contributed by atoms with E-state index in [4.69, 9.17) is 9.31 Å². The molecule has 1 N–H and O–H groups in total. The fourth-order valence-electron chi connectivity index (χ4n) is 4.79. The van der Waals surface area contributed by atoms with E-state index in [0.29, 0.717) is 6.42 Å². The smallest absolute Gasteiger partial charge is 0.582 e. The zero-order chi connectivity index (χ0) is 25.0. The number of amides is 1. The van der Waals surface area contributed by atoms with E-state index in [1.807, 2.05) is 44.2 Å². The van der Waals surface area contributed by atoms with Crippen LogP contribution in [0.2, 0.25) is 5.82 Å². The molecule has 0 spiro atoms. The number of aromatic nitrogens is 2. The van der Waals surface area contributed by atoms with Gasteiger partial charge in [-0.25, -0.2) is 14.6 Å². The quantitative estimate of drug-likeness (QED) is 0.402. The lowest BCUT2D eigenvalue weighted by Crippen LogP contribution is -2.50. The molecule has 0 aliphatic carbocycles. The number of hydrogen-bond donors (Lipinski definition) is 1. The summed E-state index contributed by atoms with van der Waals surface area (Å²) in [5.74, 6) is -2.25. The zero-order valence-corrected chi connectivity index (χ0v) is 19.7. The first-order valence-corrected chi connectivity index (χ1v) is 11.7. The molecule has 11 heteroatoms. The summed E-state index contributed by atoms with van der Waals surface area (Å²) in [5.41, 5.74) is 0.959. The molecule has 184 valence electrons. The Hall–Kier alpha value is -3.60. The van der Waals surface area contributed by atoms with Gasteiger partial charge in [-0.3, -0.25) is 14.6 Å². The maximum Gasteiger partial charge on any atom is 0.688 e. The molecular formula is C24H28BN3O7. The average Bonchev–Trinajstić information content (AvgIpc) is 3.30. The van der Waals surface area contributed by atoms with Crippen molar-refractivity contribution in [2.24, 2.45) is 5.92 Å². The molecule has 2 atom stereocenters. The minimum atomic E-state index is -2.51. The van der Waals surface area contributed by atoms with Crippen molar-refractivity contribution in [1.82, 2.24) is 15.3 Å². The van der Waals surface area contributed by atoms with Gasteiger partial charge in [0.25, 0.3) is 5.91 Å². The Morgan fingerprint density at radius 2 is 1.77 bits per heavy atom. The van der Waals surface area contributed by atoms with Gasteiger partial charge in [0.1, 0.15) is 5.69 Å². The Balaban J connectivity index is 1.59. The molecule has 2 aliphatic rings. The molecule has 0 radical (unpaired) electrons. The predicted octanol–water partition coefficient (Wildman–Crippen LogP) is 1.80. The predicted molar refractivity (Wildman–Crippen MR) is 125 cm³/mol. The summed E-state index contributed by atoms with van der Waals surface area (Å²) < 4.78 is 13.7. The number of rotatable bonds is 10. The van der Waals surface area contributed by atoms with Gasteiger partial charge in [-0.1, -0.05) is 50.6 Å². The van der Waals surface area contributed by atoms with Gasteiger partial charge in [-0.2, -0.15) is 0 Å². The second-order valence-corrected chi connectivity index (χ2v) is 9.37. The summed E-state index contributed by atoms with van der Waals surface area (Å²) in [7, 11) is 0. The van der Waals surface area contributed by atoms with Crippen molar-refractivity contribution in [2.75, 3.05) is 13.2 Å². The number of carbonyl (C=O) groups is 4. The minimum absolute atomic E-state index is 0.0551. The van der Waals surface area contributed by atoms with E-state index in [-0.39, 0.29) is 43.5 Å². The fraction of sp³-hybridized carbons (Fsp3) is 0.417. The van der Waals surface area contributed by atoms with Gasteiger partial charge < -0.3 is 18.9 Å². The van der Waals surface area contributed by atoms with E-state index in [1.165, 1.54) is 18.6 Å².